The Hall–Kier alpha value is -1.06. The van der Waals surface area contributed by atoms with E-state index < -0.39 is 0 Å². The Morgan fingerprint density at radius 1 is 1.24 bits per heavy atom. The van der Waals surface area contributed by atoms with Crippen LogP contribution < -0.4 is 11.1 Å². The first-order chi connectivity index (χ1) is 9.29. The van der Waals surface area contributed by atoms with Crippen LogP contribution in [0.5, 0.6) is 0 Å². The molecule has 3 N–H and O–H groups in total. The number of carbonyl (C=O) groups excluding carboxylic acids is 1. The summed E-state index contributed by atoms with van der Waals surface area (Å²) >= 11 is 0. The summed E-state index contributed by atoms with van der Waals surface area (Å²) in [6.07, 6.45) is 2.13. The lowest BCUT2D eigenvalue weighted by molar-refractivity contribution is -0.121. The molecule has 1 unspecified atom stereocenters. The Kier molecular flexibility index (Phi) is 8.60. The van der Waals surface area contributed by atoms with Crippen molar-refractivity contribution < 1.29 is 4.79 Å². The number of rotatable bonds is 6. The molecule has 0 bridgehead atoms. The Morgan fingerprint density at radius 3 is 2.29 bits per heavy atom. The molecule has 1 amide bonds. The fourth-order valence-electron chi connectivity index (χ4n) is 1.96. The van der Waals surface area contributed by atoms with Crippen molar-refractivity contribution in [3.05, 3.63) is 35.4 Å². The first-order valence-electron chi connectivity index (χ1n) is 7.41. The zero-order valence-corrected chi connectivity index (χ0v) is 14.4. The van der Waals surface area contributed by atoms with Crippen molar-refractivity contribution in [1.82, 2.24) is 5.32 Å². The smallest absolute Gasteiger partial charge is 0.220 e. The van der Waals surface area contributed by atoms with Gasteiger partial charge in [-0.05, 0) is 36.3 Å². The molecule has 0 fully saturated rings. The molecule has 0 heterocycles. The number of hydrogen-bond donors (Lipinski definition) is 2. The van der Waals surface area contributed by atoms with Gasteiger partial charge < -0.3 is 11.1 Å². The minimum Gasteiger partial charge on any atom is -0.356 e. The van der Waals surface area contributed by atoms with E-state index in [0.29, 0.717) is 13.0 Å². The Labute approximate surface area is 135 Å². The van der Waals surface area contributed by atoms with Crippen LogP contribution in [-0.2, 0) is 16.6 Å². The van der Waals surface area contributed by atoms with E-state index in [1.807, 2.05) is 6.92 Å². The van der Waals surface area contributed by atoms with Crippen molar-refractivity contribution in [1.29, 1.82) is 0 Å². The molecule has 0 aliphatic heterocycles. The van der Waals surface area contributed by atoms with Gasteiger partial charge in [-0.3, -0.25) is 4.79 Å². The third-order valence-electron chi connectivity index (χ3n) is 3.38. The van der Waals surface area contributed by atoms with Crippen LogP contribution in [0.1, 0.15) is 51.7 Å². The van der Waals surface area contributed by atoms with E-state index in [1.54, 1.807) is 0 Å². The minimum absolute atomic E-state index is 0. The van der Waals surface area contributed by atoms with Crippen LogP contribution in [0.25, 0.3) is 0 Å². The second kappa shape index (κ2) is 9.06. The van der Waals surface area contributed by atoms with Crippen LogP contribution in [0.15, 0.2) is 24.3 Å². The molecule has 0 aliphatic rings. The van der Waals surface area contributed by atoms with Gasteiger partial charge in [0.2, 0.25) is 5.91 Å². The summed E-state index contributed by atoms with van der Waals surface area (Å²) in [5.74, 6) is 0.0913. The summed E-state index contributed by atoms with van der Waals surface area (Å²) in [5, 5.41) is 2.94. The zero-order valence-electron chi connectivity index (χ0n) is 13.6. The Morgan fingerprint density at radius 2 is 1.81 bits per heavy atom. The number of benzene rings is 1. The lowest BCUT2D eigenvalue weighted by atomic mass is 9.86. The molecular weight excluding hydrogens is 284 g/mol. The lowest BCUT2D eigenvalue weighted by Crippen LogP contribution is -2.27. The average molecular weight is 313 g/mol. The van der Waals surface area contributed by atoms with Gasteiger partial charge >= 0.3 is 0 Å². The molecule has 0 saturated carbocycles. The molecule has 4 heteroatoms. The standard InChI is InChI=1S/C17H28N2O.ClH/c1-13(18)5-10-16(20)19-12-11-14-6-8-15(9-7-14)17(2,3)4;/h6-9,13H,5,10-12,18H2,1-4H3,(H,19,20);1H. The second-order valence-corrected chi connectivity index (χ2v) is 6.56. The number of halogens is 1. The molecule has 1 aromatic carbocycles. The molecule has 0 aromatic heterocycles. The monoisotopic (exact) mass is 312 g/mol. The van der Waals surface area contributed by atoms with Crippen molar-refractivity contribution in [3.8, 4) is 0 Å². The second-order valence-electron chi connectivity index (χ2n) is 6.56. The van der Waals surface area contributed by atoms with Crippen molar-refractivity contribution in [3.63, 3.8) is 0 Å². The van der Waals surface area contributed by atoms with Crippen molar-refractivity contribution >= 4 is 18.3 Å². The molecule has 3 nitrogen and oxygen atoms in total. The van der Waals surface area contributed by atoms with E-state index in [-0.39, 0.29) is 29.8 Å². The van der Waals surface area contributed by atoms with E-state index in [2.05, 4.69) is 50.4 Å². The Bertz CT molecular complexity index is 421. The first-order valence-corrected chi connectivity index (χ1v) is 7.41. The number of hydrogen-bond acceptors (Lipinski definition) is 2. The van der Waals surface area contributed by atoms with Gasteiger partial charge in [0.05, 0.1) is 0 Å². The van der Waals surface area contributed by atoms with Gasteiger partial charge in [0, 0.05) is 19.0 Å². The molecule has 0 aliphatic carbocycles. The largest absolute Gasteiger partial charge is 0.356 e. The fourth-order valence-corrected chi connectivity index (χ4v) is 1.96. The molecule has 0 saturated heterocycles. The van der Waals surface area contributed by atoms with Gasteiger partial charge in [-0.1, -0.05) is 45.0 Å². The molecule has 0 spiro atoms. The minimum atomic E-state index is 0. The maximum Gasteiger partial charge on any atom is 0.220 e. The van der Waals surface area contributed by atoms with Crippen LogP contribution in [0.2, 0.25) is 0 Å². The van der Waals surface area contributed by atoms with Gasteiger partial charge in [0.25, 0.3) is 0 Å². The van der Waals surface area contributed by atoms with E-state index >= 15 is 0 Å². The van der Waals surface area contributed by atoms with Crippen LogP contribution in [0.3, 0.4) is 0 Å². The highest BCUT2D eigenvalue weighted by Crippen LogP contribution is 2.22. The summed E-state index contributed by atoms with van der Waals surface area (Å²) < 4.78 is 0. The highest BCUT2D eigenvalue weighted by atomic mass is 35.5. The van der Waals surface area contributed by atoms with Gasteiger partial charge in [-0.2, -0.15) is 0 Å². The normalized spacial score (nSPS) is 12.4. The zero-order chi connectivity index (χ0) is 15.2. The predicted molar refractivity (Wildman–Crippen MR) is 92.0 cm³/mol. The maximum atomic E-state index is 11.6. The third-order valence-corrected chi connectivity index (χ3v) is 3.38. The van der Waals surface area contributed by atoms with E-state index in [1.165, 1.54) is 11.1 Å². The van der Waals surface area contributed by atoms with Crippen molar-refractivity contribution in [2.75, 3.05) is 6.54 Å². The summed E-state index contributed by atoms with van der Waals surface area (Å²) in [4.78, 5) is 11.6. The summed E-state index contributed by atoms with van der Waals surface area (Å²) in [6.45, 7) is 9.23. The first kappa shape index (κ1) is 19.9. The molecular formula is C17H29ClN2O. The quantitative estimate of drug-likeness (QED) is 0.847. The molecule has 1 aromatic rings. The van der Waals surface area contributed by atoms with Gasteiger partial charge in [-0.25, -0.2) is 0 Å². The average Bonchev–Trinajstić information content (AvgIpc) is 2.36. The number of nitrogens with two attached hydrogens (primary N) is 1. The number of carbonyl (C=O) groups is 1. The highest BCUT2D eigenvalue weighted by molar-refractivity contribution is 5.85. The third kappa shape index (κ3) is 8.08. The topological polar surface area (TPSA) is 55.1 Å². The van der Waals surface area contributed by atoms with E-state index in [9.17, 15) is 4.79 Å². The summed E-state index contributed by atoms with van der Waals surface area (Å²) in [5.41, 5.74) is 8.41. The van der Waals surface area contributed by atoms with Gasteiger partial charge in [0.15, 0.2) is 0 Å². The summed E-state index contributed by atoms with van der Waals surface area (Å²) in [7, 11) is 0. The van der Waals surface area contributed by atoms with E-state index in [0.717, 1.165) is 12.8 Å². The van der Waals surface area contributed by atoms with Gasteiger partial charge in [0.1, 0.15) is 0 Å². The van der Waals surface area contributed by atoms with Crippen LogP contribution in [0, 0.1) is 0 Å². The predicted octanol–water partition coefficient (Wildman–Crippen LogP) is 3.19. The highest BCUT2D eigenvalue weighted by Gasteiger charge is 2.12. The lowest BCUT2D eigenvalue weighted by Gasteiger charge is -2.19. The maximum absolute atomic E-state index is 11.6. The number of nitrogens with one attached hydrogen (secondary N) is 1. The SMILES string of the molecule is CC(N)CCC(=O)NCCc1ccc(C(C)(C)C)cc1.Cl. The summed E-state index contributed by atoms with van der Waals surface area (Å²) in [6, 6.07) is 8.73. The van der Waals surface area contributed by atoms with E-state index in [4.69, 9.17) is 5.73 Å². The molecule has 120 valence electrons. The van der Waals surface area contributed by atoms with Crippen LogP contribution in [-0.4, -0.2) is 18.5 Å². The molecule has 0 radical (unpaired) electrons. The van der Waals surface area contributed by atoms with Gasteiger partial charge in [-0.15, -0.1) is 12.4 Å². The van der Waals surface area contributed by atoms with Crippen LogP contribution in [0.4, 0.5) is 0 Å². The van der Waals surface area contributed by atoms with Crippen LogP contribution >= 0.6 is 12.4 Å². The molecule has 1 rings (SSSR count). The van der Waals surface area contributed by atoms with Crippen molar-refractivity contribution in [2.24, 2.45) is 5.73 Å². The fraction of sp³-hybridized carbons (Fsp3) is 0.588. The molecule has 1 atom stereocenters. The van der Waals surface area contributed by atoms with Crippen molar-refractivity contribution in [2.45, 2.75) is 58.4 Å². The number of amides is 1. The molecule has 21 heavy (non-hydrogen) atoms. The Balaban J connectivity index is 0.00000400.